The van der Waals surface area contributed by atoms with E-state index in [2.05, 4.69) is 21.2 Å². The van der Waals surface area contributed by atoms with Crippen LogP contribution in [-0.2, 0) is 13.0 Å². The number of methoxy groups -OCH3 is 1. The lowest BCUT2D eigenvalue weighted by Crippen LogP contribution is -2.27. The highest BCUT2D eigenvalue weighted by Crippen LogP contribution is 2.30. The topological polar surface area (TPSA) is 73.2 Å². The Bertz CT molecular complexity index is 1180. The predicted octanol–water partition coefficient (Wildman–Crippen LogP) is 4.75. The average molecular weight is 490 g/mol. The highest BCUT2D eigenvalue weighted by atomic mass is 79.9. The Morgan fingerprint density at radius 1 is 1.33 bits per heavy atom. The van der Waals surface area contributed by atoms with Crippen LogP contribution in [0.2, 0.25) is 0 Å². The van der Waals surface area contributed by atoms with Crippen molar-refractivity contribution in [2.45, 2.75) is 52.1 Å². The fourth-order valence-corrected chi connectivity index (χ4v) is 5.58. The maximum Gasteiger partial charge on any atom is 0.262 e. The van der Waals surface area contributed by atoms with Crippen molar-refractivity contribution in [3.63, 3.8) is 0 Å². The molecule has 1 aliphatic rings. The average Bonchev–Trinajstić information content (AvgIpc) is 2.89. The van der Waals surface area contributed by atoms with Gasteiger partial charge in [-0.3, -0.25) is 14.2 Å². The van der Waals surface area contributed by atoms with Gasteiger partial charge in [-0.05, 0) is 65.9 Å². The minimum Gasteiger partial charge on any atom is -0.496 e. The molecular weight excluding hydrogens is 466 g/mol. The number of aromatic nitrogens is 2. The van der Waals surface area contributed by atoms with Crippen molar-refractivity contribution in [3.8, 4) is 5.75 Å². The number of fused-ring (bicyclic) bond motifs is 2. The molecule has 0 spiro atoms. The number of halogens is 1. The molecule has 0 fully saturated rings. The van der Waals surface area contributed by atoms with Gasteiger partial charge in [0.05, 0.1) is 27.9 Å². The molecule has 0 aliphatic carbocycles. The molecule has 1 aromatic carbocycles. The van der Waals surface area contributed by atoms with E-state index in [1.165, 1.54) is 11.3 Å². The van der Waals surface area contributed by atoms with Gasteiger partial charge < -0.3 is 10.1 Å². The lowest BCUT2D eigenvalue weighted by atomic mass is 10.1. The number of nitrogens with zero attached hydrogens (tertiary/aromatic N) is 2. The van der Waals surface area contributed by atoms with Gasteiger partial charge in [-0.2, -0.15) is 0 Å². The predicted molar refractivity (Wildman–Crippen MR) is 123 cm³/mol. The van der Waals surface area contributed by atoms with Crippen LogP contribution in [0.3, 0.4) is 0 Å². The van der Waals surface area contributed by atoms with Crippen molar-refractivity contribution in [2.75, 3.05) is 7.11 Å². The van der Waals surface area contributed by atoms with Gasteiger partial charge in [-0.25, -0.2) is 4.98 Å². The number of nitrogens with one attached hydrogen (secondary N) is 1. The molecule has 158 valence electrons. The fourth-order valence-electron chi connectivity index (χ4n) is 3.92. The van der Waals surface area contributed by atoms with E-state index in [1.807, 2.05) is 32.0 Å². The minimum absolute atomic E-state index is 0.0168. The second-order valence-corrected chi connectivity index (χ2v) is 9.47. The third-order valence-corrected chi connectivity index (χ3v) is 7.45. The number of ether oxygens (including phenoxy) is 1. The summed E-state index contributed by atoms with van der Waals surface area (Å²) in [5.74, 6) is 1.40. The zero-order chi connectivity index (χ0) is 21.4. The number of aryl methyl sites for hydroxylation is 2. The second kappa shape index (κ2) is 8.51. The smallest absolute Gasteiger partial charge is 0.262 e. The van der Waals surface area contributed by atoms with Gasteiger partial charge in [0, 0.05) is 13.0 Å². The van der Waals surface area contributed by atoms with Gasteiger partial charge in [0.1, 0.15) is 16.4 Å². The maximum atomic E-state index is 13.1. The van der Waals surface area contributed by atoms with E-state index in [-0.39, 0.29) is 17.5 Å². The van der Waals surface area contributed by atoms with Gasteiger partial charge in [0.25, 0.3) is 11.5 Å². The van der Waals surface area contributed by atoms with E-state index in [0.29, 0.717) is 27.2 Å². The van der Waals surface area contributed by atoms with Crippen LogP contribution in [0.25, 0.3) is 10.2 Å². The molecule has 0 saturated heterocycles. The summed E-state index contributed by atoms with van der Waals surface area (Å²) < 4.78 is 7.90. The van der Waals surface area contributed by atoms with Crippen LogP contribution in [0, 0.1) is 6.92 Å². The summed E-state index contributed by atoms with van der Waals surface area (Å²) >= 11 is 4.79. The Balaban J connectivity index is 1.65. The van der Waals surface area contributed by atoms with Gasteiger partial charge in [0.2, 0.25) is 0 Å². The van der Waals surface area contributed by atoms with Crippen LogP contribution in [0.4, 0.5) is 0 Å². The third-order valence-electron chi connectivity index (χ3n) is 5.64. The monoisotopic (exact) mass is 489 g/mol. The number of hydrogen-bond acceptors (Lipinski definition) is 5. The molecular formula is C22H24BrN3O3S. The summed E-state index contributed by atoms with van der Waals surface area (Å²) in [5.41, 5.74) is 1.66. The lowest BCUT2D eigenvalue weighted by Gasteiger charge is -2.15. The minimum atomic E-state index is -0.199. The van der Waals surface area contributed by atoms with Crippen LogP contribution in [0.1, 0.15) is 58.9 Å². The van der Waals surface area contributed by atoms with Crippen molar-refractivity contribution in [3.05, 3.63) is 54.9 Å². The SMILES string of the molecule is COc1ccc(C(C)NC(=O)c2sc3nc4n(c(=O)c3c2C)CCCCC4)cc1Br. The lowest BCUT2D eigenvalue weighted by molar-refractivity contribution is 0.0943. The number of amides is 1. The number of benzene rings is 1. The Morgan fingerprint density at radius 2 is 2.13 bits per heavy atom. The third kappa shape index (κ3) is 3.78. The van der Waals surface area contributed by atoms with E-state index in [1.54, 1.807) is 11.7 Å². The van der Waals surface area contributed by atoms with Crippen molar-refractivity contribution < 1.29 is 9.53 Å². The molecule has 1 aliphatic heterocycles. The summed E-state index contributed by atoms with van der Waals surface area (Å²) in [6, 6.07) is 5.53. The number of rotatable bonds is 4. The molecule has 2 aromatic heterocycles. The van der Waals surface area contributed by atoms with Crippen LogP contribution in [0.15, 0.2) is 27.5 Å². The van der Waals surface area contributed by atoms with Crippen molar-refractivity contribution in [1.82, 2.24) is 14.9 Å². The molecule has 1 unspecified atom stereocenters. The van der Waals surface area contributed by atoms with E-state index in [4.69, 9.17) is 9.72 Å². The molecule has 0 saturated carbocycles. The Hall–Kier alpha value is -2.19. The first-order valence-electron chi connectivity index (χ1n) is 10.1. The Labute approximate surface area is 187 Å². The number of carbonyl (C=O) groups excluding carboxylic acids is 1. The largest absolute Gasteiger partial charge is 0.496 e. The molecule has 1 atom stereocenters. The molecule has 1 N–H and O–H groups in total. The summed E-state index contributed by atoms with van der Waals surface area (Å²) in [6.45, 7) is 4.48. The van der Waals surface area contributed by atoms with Crippen LogP contribution >= 0.6 is 27.3 Å². The van der Waals surface area contributed by atoms with E-state index < -0.39 is 0 Å². The molecule has 0 bridgehead atoms. The fraction of sp³-hybridized carbons (Fsp3) is 0.409. The molecule has 1 amide bonds. The van der Waals surface area contributed by atoms with Gasteiger partial charge in [0.15, 0.2) is 0 Å². The first-order valence-corrected chi connectivity index (χ1v) is 11.7. The zero-order valence-corrected chi connectivity index (χ0v) is 19.7. The maximum absolute atomic E-state index is 13.1. The van der Waals surface area contributed by atoms with Gasteiger partial charge in [-0.15, -0.1) is 11.3 Å². The summed E-state index contributed by atoms with van der Waals surface area (Å²) in [4.78, 5) is 32.1. The van der Waals surface area contributed by atoms with Crippen LogP contribution < -0.4 is 15.6 Å². The Morgan fingerprint density at radius 3 is 2.87 bits per heavy atom. The van der Waals surface area contributed by atoms with Gasteiger partial charge >= 0.3 is 0 Å². The number of carbonyl (C=O) groups is 1. The number of hydrogen-bond donors (Lipinski definition) is 1. The molecule has 3 aromatic rings. The highest BCUT2D eigenvalue weighted by Gasteiger charge is 2.23. The normalized spacial score (nSPS) is 14.8. The first kappa shape index (κ1) is 21.1. The number of thiophene rings is 1. The molecule has 8 heteroatoms. The van der Waals surface area contributed by atoms with Gasteiger partial charge in [-0.1, -0.05) is 12.5 Å². The Kier molecular flexibility index (Phi) is 5.97. The van der Waals surface area contributed by atoms with E-state index >= 15 is 0 Å². The van der Waals surface area contributed by atoms with Crippen LogP contribution in [-0.4, -0.2) is 22.6 Å². The second-order valence-electron chi connectivity index (χ2n) is 7.62. The van der Waals surface area contributed by atoms with E-state index in [0.717, 1.165) is 47.3 Å². The zero-order valence-electron chi connectivity index (χ0n) is 17.3. The summed E-state index contributed by atoms with van der Waals surface area (Å²) in [5, 5.41) is 3.63. The molecule has 6 nitrogen and oxygen atoms in total. The molecule has 4 rings (SSSR count). The van der Waals surface area contributed by atoms with E-state index in [9.17, 15) is 9.59 Å². The first-order chi connectivity index (χ1) is 14.4. The van der Waals surface area contributed by atoms with Crippen molar-refractivity contribution in [1.29, 1.82) is 0 Å². The molecule has 30 heavy (non-hydrogen) atoms. The summed E-state index contributed by atoms with van der Waals surface area (Å²) in [6.07, 6.45) is 3.96. The van der Waals surface area contributed by atoms with Crippen LogP contribution in [0.5, 0.6) is 5.75 Å². The quantitative estimate of drug-likeness (QED) is 0.573. The molecule has 0 radical (unpaired) electrons. The van der Waals surface area contributed by atoms with Crippen molar-refractivity contribution >= 4 is 43.4 Å². The summed E-state index contributed by atoms with van der Waals surface area (Å²) in [7, 11) is 1.62. The van der Waals surface area contributed by atoms with Crippen molar-refractivity contribution in [2.24, 2.45) is 0 Å². The molecule has 3 heterocycles. The highest BCUT2D eigenvalue weighted by molar-refractivity contribution is 9.10. The standard InChI is InChI=1S/C22H24BrN3O3S/c1-12-18-21(25-17-7-5-4-6-10-26(17)22(18)28)30-19(12)20(27)24-13(2)14-8-9-16(29-3)15(23)11-14/h8-9,11,13H,4-7,10H2,1-3H3,(H,24,27).